The maximum Gasteiger partial charge on any atom is 0.126 e. The average molecular weight is 186 g/mol. The Morgan fingerprint density at radius 2 is 2.07 bits per heavy atom. The molecule has 0 spiro atoms. The molecule has 1 atom stereocenters. The van der Waals surface area contributed by atoms with E-state index in [-0.39, 0.29) is 5.92 Å². The molecule has 0 aromatic heterocycles. The van der Waals surface area contributed by atoms with Gasteiger partial charge in [-0.25, -0.2) is 10.4 Å². The quantitative estimate of drug-likeness (QED) is 0.638. The third kappa shape index (κ3) is 1.12. The summed E-state index contributed by atoms with van der Waals surface area (Å²) < 4.78 is 0. The van der Waals surface area contributed by atoms with Crippen LogP contribution in [0, 0.1) is 5.92 Å². The van der Waals surface area contributed by atoms with Crippen LogP contribution in [0.4, 0.5) is 11.4 Å². The van der Waals surface area contributed by atoms with Crippen molar-refractivity contribution in [2.24, 2.45) is 15.9 Å². The van der Waals surface area contributed by atoms with Gasteiger partial charge in [-0.3, -0.25) is 4.99 Å². The molecule has 4 nitrogen and oxygen atoms in total. The first-order valence-corrected chi connectivity index (χ1v) is 4.64. The number of amidine groups is 1. The van der Waals surface area contributed by atoms with E-state index in [0.717, 1.165) is 23.8 Å². The van der Waals surface area contributed by atoms with E-state index in [1.54, 1.807) is 0 Å². The van der Waals surface area contributed by atoms with Gasteiger partial charge >= 0.3 is 0 Å². The SMILES string of the molecule is C1=Nc2ccccc2N=C2NNCC12. The number of aliphatic imine (C=N–C) groups is 2. The molecule has 4 heteroatoms. The van der Waals surface area contributed by atoms with E-state index in [0.29, 0.717) is 0 Å². The minimum Gasteiger partial charge on any atom is -0.309 e. The van der Waals surface area contributed by atoms with E-state index in [9.17, 15) is 0 Å². The molecule has 2 heterocycles. The lowest BCUT2D eigenvalue weighted by molar-refractivity contribution is 0.724. The summed E-state index contributed by atoms with van der Waals surface area (Å²) in [5.74, 6) is 1.24. The van der Waals surface area contributed by atoms with Crippen molar-refractivity contribution in [2.45, 2.75) is 0 Å². The van der Waals surface area contributed by atoms with Crippen LogP contribution < -0.4 is 10.9 Å². The molecule has 3 rings (SSSR count). The molecule has 2 aliphatic rings. The van der Waals surface area contributed by atoms with Gasteiger partial charge < -0.3 is 5.43 Å². The second kappa shape index (κ2) is 2.92. The fourth-order valence-electron chi connectivity index (χ4n) is 1.64. The zero-order valence-electron chi connectivity index (χ0n) is 7.57. The molecular weight excluding hydrogens is 176 g/mol. The number of rotatable bonds is 0. The van der Waals surface area contributed by atoms with E-state index in [2.05, 4.69) is 20.8 Å². The van der Waals surface area contributed by atoms with Crippen molar-refractivity contribution in [3.8, 4) is 0 Å². The number of hydrogen-bond donors (Lipinski definition) is 2. The molecule has 0 radical (unpaired) electrons. The summed E-state index contributed by atoms with van der Waals surface area (Å²) in [6.07, 6.45) is 1.94. The third-order valence-electron chi connectivity index (χ3n) is 2.41. The smallest absolute Gasteiger partial charge is 0.126 e. The van der Waals surface area contributed by atoms with Gasteiger partial charge in [-0.05, 0) is 12.1 Å². The van der Waals surface area contributed by atoms with Gasteiger partial charge in [0, 0.05) is 12.8 Å². The highest BCUT2D eigenvalue weighted by Gasteiger charge is 2.22. The first-order valence-electron chi connectivity index (χ1n) is 4.64. The van der Waals surface area contributed by atoms with Gasteiger partial charge in [-0.2, -0.15) is 0 Å². The summed E-state index contributed by atoms with van der Waals surface area (Å²) >= 11 is 0. The van der Waals surface area contributed by atoms with Crippen LogP contribution in [-0.2, 0) is 0 Å². The summed E-state index contributed by atoms with van der Waals surface area (Å²) in [4.78, 5) is 8.93. The summed E-state index contributed by atoms with van der Waals surface area (Å²) in [6, 6.07) is 7.90. The fourth-order valence-corrected chi connectivity index (χ4v) is 1.64. The Balaban J connectivity index is 2.15. The highest BCUT2D eigenvalue weighted by molar-refractivity contribution is 6.02. The first-order chi connectivity index (χ1) is 6.93. The van der Waals surface area contributed by atoms with Gasteiger partial charge in [-0.15, -0.1) is 0 Å². The first kappa shape index (κ1) is 7.70. The molecule has 14 heavy (non-hydrogen) atoms. The molecule has 1 aromatic rings. The van der Waals surface area contributed by atoms with Crippen LogP contribution in [0.25, 0.3) is 0 Å². The molecule has 1 aromatic carbocycles. The van der Waals surface area contributed by atoms with Crippen molar-refractivity contribution < 1.29 is 0 Å². The molecule has 1 saturated heterocycles. The van der Waals surface area contributed by atoms with Crippen molar-refractivity contribution in [1.82, 2.24) is 10.9 Å². The maximum absolute atomic E-state index is 4.52. The van der Waals surface area contributed by atoms with E-state index in [1.165, 1.54) is 0 Å². The Morgan fingerprint density at radius 1 is 1.21 bits per heavy atom. The number of nitrogens with one attached hydrogen (secondary N) is 2. The van der Waals surface area contributed by atoms with E-state index in [4.69, 9.17) is 0 Å². The van der Waals surface area contributed by atoms with E-state index in [1.807, 2.05) is 30.5 Å². The lowest BCUT2D eigenvalue weighted by atomic mass is 10.2. The molecule has 2 aliphatic heterocycles. The van der Waals surface area contributed by atoms with Crippen LogP contribution in [0.2, 0.25) is 0 Å². The number of hydrazine groups is 1. The predicted octanol–water partition coefficient (Wildman–Crippen LogP) is 1.16. The zero-order valence-corrected chi connectivity index (χ0v) is 7.57. The summed E-state index contributed by atoms with van der Waals surface area (Å²) in [5.41, 5.74) is 7.97. The second-order valence-electron chi connectivity index (χ2n) is 3.38. The lowest BCUT2D eigenvalue weighted by Crippen LogP contribution is -2.26. The number of nitrogens with zero attached hydrogens (tertiary/aromatic N) is 2. The van der Waals surface area contributed by atoms with Crippen molar-refractivity contribution in [3.63, 3.8) is 0 Å². The molecule has 0 saturated carbocycles. The van der Waals surface area contributed by atoms with E-state index < -0.39 is 0 Å². The lowest BCUT2D eigenvalue weighted by Gasteiger charge is -1.99. The molecule has 0 bridgehead atoms. The third-order valence-corrected chi connectivity index (χ3v) is 2.41. The van der Waals surface area contributed by atoms with Crippen LogP contribution >= 0.6 is 0 Å². The standard InChI is InChI=1S/C10H10N4/c1-2-4-9-8(3-1)11-5-7-6-12-14-10(7)13-9/h1-5,7,12H,6H2,(H,13,14). The molecule has 1 fully saturated rings. The Kier molecular flexibility index (Phi) is 1.61. The average Bonchev–Trinajstić information content (AvgIpc) is 2.58. The minimum atomic E-state index is 0.280. The molecule has 70 valence electrons. The van der Waals surface area contributed by atoms with Gasteiger partial charge in [0.25, 0.3) is 0 Å². The van der Waals surface area contributed by atoms with Crippen LogP contribution in [-0.4, -0.2) is 18.6 Å². The summed E-state index contributed by atoms with van der Waals surface area (Å²) in [5, 5.41) is 0. The highest BCUT2D eigenvalue weighted by Crippen LogP contribution is 2.29. The topological polar surface area (TPSA) is 48.8 Å². The van der Waals surface area contributed by atoms with Crippen LogP contribution in [0.15, 0.2) is 34.3 Å². The Bertz CT molecular complexity index is 422. The van der Waals surface area contributed by atoms with Gasteiger partial charge in [0.05, 0.1) is 17.3 Å². The summed E-state index contributed by atoms with van der Waals surface area (Å²) in [7, 11) is 0. The monoisotopic (exact) mass is 186 g/mol. The Labute approximate surface area is 81.7 Å². The fraction of sp³-hybridized carbons (Fsp3) is 0.200. The highest BCUT2D eigenvalue weighted by atomic mass is 15.4. The number of fused-ring (bicyclic) bond motifs is 2. The van der Waals surface area contributed by atoms with Crippen LogP contribution in [0.3, 0.4) is 0 Å². The van der Waals surface area contributed by atoms with Crippen molar-refractivity contribution in [3.05, 3.63) is 24.3 Å². The van der Waals surface area contributed by atoms with Crippen molar-refractivity contribution in [1.29, 1.82) is 0 Å². The molecular formula is C10H10N4. The van der Waals surface area contributed by atoms with Gasteiger partial charge in [0.15, 0.2) is 0 Å². The molecule has 0 aliphatic carbocycles. The predicted molar refractivity (Wildman–Crippen MR) is 56.3 cm³/mol. The van der Waals surface area contributed by atoms with Crippen molar-refractivity contribution >= 4 is 23.4 Å². The van der Waals surface area contributed by atoms with E-state index >= 15 is 0 Å². The van der Waals surface area contributed by atoms with Crippen LogP contribution in [0.1, 0.15) is 0 Å². The zero-order chi connectivity index (χ0) is 9.38. The summed E-state index contributed by atoms with van der Waals surface area (Å²) in [6.45, 7) is 0.857. The number of hydrogen-bond acceptors (Lipinski definition) is 4. The maximum atomic E-state index is 4.52. The largest absolute Gasteiger partial charge is 0.309 e. The molecule has 0 amide bonds. The van der Waals surface area contributed by atoms with Gasteiger partial charge in [0.2, 0.25) is 0 Å². The van der Waals surface area contributed by atoms with Gasteiger partial charge in [-0.1, -0.05) is 12.1 Å². The minimum absolute atomic E-state index is 0.280. The Morgan fingerprint density at radius 3 is 3.00 bits per heavy atom. The second-order valence-corrected chi connectivity index (χ2v) is 3.38. The Hall–Kier alpha value is -1.68. The van der Waals surface area contributed by atoms with Crippen LogP contribution in [0.5, 0.6) is 0 Å². The number of para-hydroxylation sites is 2. The normalized spacial score (nSPS) is 23.1. The van der Waals surface area contributed by atoms with Crippen molar-refractivity contribution in [2.75, 3.05) is 6.54 Å². The molecule has 2 N–H and O–H groups in total. The van der Waals surface area contributed by atoms with Gasteiger partial charge in [0.1, 0.15) is 5.84 Å². The number of benzene rings is 1. The molecule has 1 unspecified atom stereocenters.